The zero-order valence-corrected chi connectivity index (χ0v) is 15.1. The van der Waals surface area contributed by atoms with Gasteiger partial charge in [-0.05, 0) is 23.3 Å². The van der Waals surface area contributed by atoms with Crippen molar-refractivity contribution in [2.24, 2.45) is 12.5 Å². The molecule has 0 bridgehead atoms. The fraction of sp³-hybridized carbons (Fsp3) is 0.389. The Hall–Kier alpha value is -2.41. The second-order valence-corrected chi connectivity index (χ2v) is 8.47. The molecule has 0 fully saturated rings. The molecule has 0 spiro atoms. The van der Waals surface area contributed by atoms with E-state index in [9.17, 15) is 14.4 Å². The predicted octanol–water partition coefficient (Wildman–Crippen LogP) is 2.34. The monoisotopic (exact) mass is 357 g/mol. The Morgan fingerprint density at radius 2 is 2.00 bits per heavy atom. The van der Waals surface area contributed by atoms with E-state index in [0.717, 1.165) is 10.6 Å². The van der Waals surface area contributed by atoms with Crippen molar-refractivity contribution < 1.29 is 4.79 Å². The summed E-state index contributed by atoms with van der Waals surface area (Å²) < 4.78 is 1.41. The van der Waals surface area contributed by atoms with Gasteiger partial charge in [-0.2, -0.15) is 0 Å². The highest BCUT2D eigenvalue weighted by molar-refractivity contribution is 7.10. The van der Waals surface area contributed by atoms with Crippen LogP contribution in [0, 0.1) is 5.41 Å². The molecule has 2 N–H and O–H groups in total. The van der Waals surface area contributed by atoms with Crippen LogP contribution in [0.5, 0.6) is 0 Å². The number of nitrogens with zero attached hydrogens (tertiary/aromatic N) is 1. The number of allylic oxidation sites excluding steroid dienone is 2. The summed E-state index contributed by atoms with van der Waals surface area (Å²) in [4.78, 5) is 40.9. The van der Waals surface area contributed by atoms with Crippen molar-refractivity contribution in [2.75, 3.05) is 5.32 Å². The van der Waals surface area contributed by atoms with E-state index in [4.69, 9.17) is 0 Å². The lowest BCUT2D eigenvalue weighted by Crippen LogP contribution is -2.41. The third-order valence-electron chi connectivity index (χ3n) is 4.95. The summed E-state index contributed by atoms with van der Waals surface area (Å²) in [5.74, 6) is 0.123. The minimum Gasteiger partial charge on any atom is -0.344 e. The highest BCUT2D eigenvalue weighted by Crippen LogP contribution is 2.48. The number of aromatic nitrogens is 2. The molecule has 1 aliphatic heterocycles. The number of thiophene rings is 1. The minimum absolute atomic E-state index is 0.0658. The largest absolute Gasteiger partial charge is 0.344 e. The van der Waals surface area contributed by atoms with Crippen LogP contribution in [-0.4, -0.2) is 15.3 Å². The molecule has 130 valence electrons. The summed E-state index contributed by atoms with van der Waals surface area (Å²) in [5, 5.41) is 5.17. The van der Waals surface area contributed by atoms with Gasteiger partial charge < -0.3 is 5.32 Å². The predicted molar refractivity (Wildman–Crippen MR) is 97.1 cm³/mol. The van der Waals surface area contributed by atoms with Gasteiger partial charge in [-0.15, -0.1) is 11.3 Å². The first-order valence-electron chi connectivity index (χ1n) is 8.18. The lowest BCUT2D eigenvalue weighted by molar-refractivity contribution is -0.118. The van der Waals surface area contributed by atoms with E-state index in [2.05, 4.69) is 24.1 Å². The van der Waals surface area contributed by atoms with Gasteiger partial charge in [0.15, 0.2) is 5.78 Å². The molecule has 25 heavy (non-hydrogen) atoms. The lowest BCUT2D eigenvalue weighted by atomic mass is 9.70. The Balaban J connectivity index is 2.04. The third kappa shape index (κ3) is 2.41. The number of carbonyl (C=O) groups is 1. The molecule has 2 aromatic heterocycles. The number of aromatic amines is 1. The number of Topliss-reactive ketones (excluding diaryl/α,β-unsaturated/α-hetero) is 1. The number of nitrogens with one attached hydrogen (secondary N) is 2. The maximum Gasteiger partial charge on any atom is 0.329 e. The Bertz CT molecular complexity index is 1020. The molecule has 0 amide bonds. The molecular weight excluding hydrogens is 338 g/mol. The average molecular weight is 357 g/mol. The molecule has 4 rings (SSSR count). The quantitative estimate of drug-likeness (QED) is 0.820. The van der Waals surface area contributed by atoms with Crippen molar-refractivity contribution in [1.29, 1.82) is 0 Å². The molecule has 0 aromatic carbocycles. The van der Waals surface area contributed by atoms with E-state index < -0.39 is 17.2 Å². The van der Waals surface area contributed by atoms with E-state index in [1.54, 1.807) is 7.05 Å². The number of rotatable bonds is 1. The highest BCUT2D eigenvalue weighted by Gasteiger charge is 2.42. The summed E-state index contributed by atoms with van der Waals surface area (Å²) in [7, 11) is 1.62. The normalized spacial score (nSPS) is 21.6. The molecule has 0 unspecified atom stereocenters. The Morgan fingerprint density at radius 1 is 1.24 bits per heavy atom. The summed E-state index contributed by atoms with van der Waals surface area (Å²) in [5.41, 5.74) is 0.878. The van der Waals surface area contributed by atoms with Crippen molar-refractivity contribution >= 4 is 22.9 Å². The standard InChI is InChI=1S/C18H19N3O3S/c1-18(2)7-9-12(10(22)8-18)13(11-5-4-6-25-11)14-15(19-9)21(3)17(24)20-16(14)23/h4-6,13,19H,7-8H2,1-3H3,(H,20,23,24)/t13-/m0/s1. The van der Waals surface area contributed by atoms with Crippen LogP contribution in [0.4, 0.5) is 5.82 Å². The maximum absolute atomic E-state index is 12.9. The number of ketones is 1. The molecule has 2 aromatic rings. The molecule has 0 saturated heterocycles. The second-order valence-electron chi connectivity index (χ2n) is 7.49. The summed E-state index contributed by atoms with van der Waals surface area (Å²) in [6.45, 7) is 4.12. The molecule has 0 radical (unpaired) electrons. The number of H-pyrrole nitrogens is 1. The highest BCUT2D eigenvalue weighted by atomic mass is 32.1. The molecule has 2 aliphatic rings. The first-order valence-corrected chi connectivity index (χ1v) is 9.06. The smallest absolute Gasteiger partial charge is 0.329 e. The van der Waals surface area contributed by atoms with Crippen molar-refractivity contribution in [1.82, 2.24) is 9.55 Å². The van der Waals surface area contributed by atoms with E-state index in [-0.39, 0.29) is 11.2 Å². The van der Waals surface area contributed by atoms with Crippen molar-refractivity contribution in [3.8, 4) is 0 Å². The Labute approximate surface area is 148 Å². The van der Waals surface area contributed by atoms with Gasteiger partial charge in [0.05, 0.1) is 11.5 Å². The molecule has 1 atom stereocenters. The molecular formula is C18H19N3O3S. The number of carbonyl (C=O) groups excluding carboxylic acids is 1. The topological polar surface area (TPSA) is 84.0 Å². The first-order chi connectivity index (χ1) is 11.8. The van der Waals surface area contributed by atoms with Crippen LogP contribution in [0.3, 0.4) is 0 Å². The van der Waals surface area contributed by atoms with Crippen LogP contribution in [0.1, 0.15) is 43.0 Å². The molecule has 1 aliphatic carbocycles. The van der Waals surface area contributed by atoms with Crippen LogP contribution in [0.25, 0.3) is 0 Å². The van der Waals surface area contributed by atoms with Crippen LogP contribution in [-0.2, 0) is 11.8 Å². The Kier molecular flexibility index (Phi) is 3.40. The van der Waals surface area contributed by atoms with E-state index >= 15 is 0 Å². The summed E-state index contributed by atoms with van der Waals surface area (Å²) >= 11 is 1.52. The minimum atomic E-state index is -0.466. The fourth-order valence-electron chi connectivity index (χ4n) is 3.87. The zero-order valence-electron chi connectivity index (χ0n) is 14.3. The molecule has 3 heterocycles. The lowest BCUT2D eigenvalue weighted by Gasteiger charge is -2.38. The van der Waals surface area contributed by atoms with Gasteiger partial charge in [-0.3, -0.25) is 19.1 Å². The molecule has 0 saturated carbocycles. The Morgan fingerprint density at radius 3 is 2.68 bits per heavy atom. The maximum atomic E-state index is 12.9. The molecule has 6 nitrogen and oxygen atoms in total. The van der Waals surface area contributed by atoms with Crippen LogP contribution in [0.15, 0.2) is 38.4 Å². The van der Waals surface area contributed by atoms with Gasteiger partial charge in [0.25, 0.3) is 5.56 Å². The van der Waals surface area contributed by atoms with Gasteiger partial charge in [0.2, 0.25) is 0 Å². The van der Waals surface area contributed by atoms with E-state index in [0.29, 0.717) is 29.8 Å². The van der Waals surface area contributed by atoms with E-state index in [1.165, 1.54) is 15.9 Å². The van der Waals surface area contributed by atoms with Crippen LogP contribution in [0.2, 0.25) is 0 Å². The van der Waals surface area contributed by atoms with Gasteiger partial charge in [0.1, 0.15) is 5.82 Å². The SMILES string of the molecule is Cn1c2c(c(=O)[nH]c1=O)[C@@H](c1cccs1)C1=C(CC(C)(C)CC1=O)N2. The van der Waals surface area contributed by atoms with Crippen LogP contribution >= 0.6 is 11.3 Å². The second kappa shape index (κ2) is 5.29. The van der Waals surface area contributed by atoms with Crippen molar-refractivity contribution in [3.63, 3.8) is 0 Å². The fourth-order valence-corrected chi connectivity index (χ4v) is 4.71. The number of hydrogen-bond acceptors (Lipinski definition) is 5. The summed E-state index contributed by atoms with van der Waals surface area (Å²) in [6, 6.07) is 3.85. The molecule has 7 heteroatoms. The number of fused-ring (bicyclic) bond motifs is 1. The zero-order chi connectivity index (χ0) is 17.9. The van der Waals surface area contributed by atoms with E-state index in [1.807, 2.05) is 17.5 Å². The van der Waals surface area contributed by atoms with Crippen molar-refractivity contribution in [2.45, 2.75) is 32.6 Å². The average Bonchev–Trinajstić information content (AvgIpc) is 3.03. The first kappa shape index (κ1) is 16.1. The third-order valence-corrected chi connectivity index (χ3v) is 5.89. The van der Waals surface area contributed by atoms with Gasteiger partial charge >= 0.3 is 5.69 Å². The van der Waals surface area contributed by atoms with Crippen LogP contribution < -0.4 is 16.6 Å². The van der Waals surface area contributed by atoms with Gasteiger partial charge in [-0.1, -0.05) is 19.9 Å². The van der Waals surface area contributed by atoms with Gasteiger partial charge in [0, 0.05) is 29.6 Å². The van der Waals surface area contributed by atoms with Gasteiger partial charge in [-0.25, -0.2) is 4.79 Å². The van der Waals surface area contributed by atoms with Crippen molar-refractivity contribution in [3.05, 3.63) is 60.1 Å². The summed E-state index contributed by atoms with van der Waals surface area (Å²) in [6.07, 6.45) is 1.16. The number of anilines is 1. The number of hydrogen-bond donors (Lipinski definition) is 2.